The molecule has 0 radical (unpaired) electrons. The molecule has 1 aliphatic heterocycles. The van der Waals surface area contributed by atoms with Gasteiger partial charge in [0.1, 0.15) is 0 Å². The third-order valence-corrected chi connectivity index (χ3v) is 3.50. The summed E-state index contributed by atoms with van der Waals surface area (Å²) in [5.74, 6) is 0.691. The van der Waals surface area contributed by atoms with Crippen LogP contribution in [0.25, 0.3) is 0 Å². The molecule has 0 aliphatic carbocycles. The third-order valence-electron chi connectivity index (χ3n) is 3.50. The first-order chi connectivity index (χ1) is 7.31. The normalized spacial score (nSPS) is 25.3. The quantitative estimate of drug-likeness (QED) is 0.793. The largest absolute Gasteiger partial charge is 0.364 e. The number of aromatic amines is 1. The summed E-state index contributed by atoms with van der Waals surface area (Å²) in [4.78, 5) is 5.83. The van der Waals surface area contributed by atoms with E-state index in [-0.39, 0.29) is 0 Å². The lowest BCUT2D eigenvalue weighted by atomic mass is 9.96. The van der Waals surface area contributed by atoms with Gasteiger partial charge in [0.25, 0.3) is 0 Å². The molecule has 15 heavy (non-hydrogen) atoms. The number of H-pyrrole nitrogens is 1. The fourth-order valence-corrected chi connectivity index (χ4v) is 2.44. The van der Waals surface area contributed by atoms with Crippen LogP contribution in [0.3, 0.4) is 0 Å². The fourth-order valence-electron chi connectivity index (χ4n) is 2.44. The van der Waals surface area contributed by atoms with Gasteiger partial charge in [-0.3, -0.25) is 4.90 Å². The van der Waals surface area contributed by atoms with E-state index >= 15 is 0 Å². The van der Waals surface area contributed by atoms with Crippen LogP contribution < -0.4 is 5.73 Å². The van der Waals surface area contributed by atoms with Crippen LogP contribution in [0, 0.1) is 5.92 Å². The van der Waals surface area contributed by atoms with Gasteiger partial charge in [-0.2, -0.15) is 0 Å². The predicted octanol–water partition coefficient (Wildman–Crippen LogP) is 1.75. The Balaban J connectivity index is 1.98. The lowest BCUT2D eigenvalue weighted by Gasteiger charge is -2.36. The molecule has 0 aromatic carbocycles. The van der Waals surface area contributed by atoms with E-state index in [0.717, 1.165) is 13.1 Å². The van der Waals surface area contributed by atoms with Gasteiger partial charge in [0.2, 0.25) is 0 Å². The van der Waals surface area contributed by atoms with E-state index in [9.17, 15) is 0 Å². The van der Waals surface area contributed by atoms with Crippen molar-refractivity contribution < 1.29 is 0 Å². The minimum atomic E-state index is 0.495. The molecule has 0 spiro atoms. The SMILES string of the molecule is C[C@@H](c1ccc[nH]1)N1CCC[C@@H](CN)C1. The standard InChI is InChI=1S/C12H21N3/c1-10(12-5-2-6-14-12)15-7-3-4-11(8-13)9-15/h2,5-6,10-11,14H,3-4,7-9,13H2,1H3/t10-,11-/m0/s1. The molecule has 3 nitrogen and oxygen atoms in total. The molecule has 1 fully saturated rings. The lowest BCUT2D eigenvalue weighted by molar-refractivity contribution is 0.132. The van der Waals surface area contributed by atoms with Crippen LogP contribution >= 0.6 is 0 Å². The first kappa shape index (κ1) is 10.7. The third kappa shape index (κ3) is 2.41. The molecule has 0 bridgehead atoms. The highest BCUT2D eigenvalue weighted by Gasteiger charge is 2.23. The Kier molecular flexibility index (Phi) is 3.44. The van der Waals surface area contributed by atoms with Gasteiger partial charge in [0.15, 0.2) is 0 Å². The topological polar surface area (TPSA) is 45.0 Å². The van der Waals surface area contributed by atoms with Gasteiger partial charge in [-0.05, 0) is 50.9 Å². The summed E-state index contributed by atoms with van der Waals surface area (Å²) in [5.41, 5.74) is 7.06. The molecule has 2 rings (SSSR count). The number of hydrogen-bond donors (Lipinski definition) is 2. The zero-order valence-electron chi connectivity index (χ0n) is 9.45. The van der Waals surface area contributed by atoms with Crippen LogP contribution in [0.4, 0.5) is 0 Å². The first-order valence-corrected chi connectivity index (χ1v) is 5.88. The molecule has 1 aromatic heterocycles. The Labute approximate surface area is 91.7 Å². The van der Waals surface area contributed by atoms with Gasteiger partial charge in [0.05, 0.1) is 0 Å². The molecule has 2 atom stereocenters. The molecule has 3 heteroatoms. The van der Waals surface area contributed by atoms with Crippen molar-refractivity contribution in [3.8, 4) is 0 Å². The molecule has 2 heterocycles. The number of likely N-dealkylation sites (tertiary alicyclic amines) is 1. The second kappa shape index (κ2) is 4.81. The maximum atomic E-state index is 5.75. The molecule has 3 N–H and O–H groups in total. The molecule has 1 aliphatic rings. The fraction of sp³-hybridized carbons (Fsp3) is 0.667. The van der Waals surface area contributed by atoms with Gasteiger partial charge in [-0.1, -0.05) is 0 Å². The molecular formula is C12H21N3. The second-order valence-corrected chi connectivity index (χ2v) is 4.54. The summed E-state index contributed by atoms with van der Waals surface area (Å²) in [6, 6.07) is 4.72. The summed E-state index contributed by atoms with van der Waals surface area (Å²) in [6.45, 7) is 5.45. The van der Waals surface area contributed by atoms with E-state index in [4.69, 9.17) is 5.73 Å². The molecule has 0 saturated carbocycles. The lowest BCUT2D eigenvalue weighted by Crippen LogP contribution is -2.39. The average molecular weight is 207 g/mol. The minimum Gasteiger partial charge on any atom is -0.364 e. The van der Waals surface area contributed by atoms with E-state index in [0.29, 0.717) is 12.0 Å². The second-order valence-electron chi connectivity index (χ2n) is 4.54. The van der Waals surface area contributed by atoms with Crippen LogP contribution in [-0.4, -0.2) is 29.5 Å². The maximum Gasteiger partial charge on any atom is 0.0470 e. The van der Waals surface area contributed by atoms with Gasteiger partial charge in [-0.15, -0.1) is 0 Å². The molecule has 0 amide bonds. The number of hydrogen-bond acceptors (Lipinski definition) is 2. The average Bonchev–Trinajstić information content (AvgIpc) is 2.81. The Morgan fingerprint density at radius 2 is 2.53 bits per heavy atom. The van der Waals surface area contributed by atoms with Crippen molar-refractivity contribution in [2.45, 2.75) is 25.8 Å². The van der Waals surface area contributed by atoms with Crippen molar-refractivity contribution in [3.05, 3.63) is 24.0 Å². The summed E-state index contributed by atoms with van der Waals surface area (Å²) in [5, 5.41) is 0. The first-order valence-electron chi connectivity index (χ1n) is 5.88. The Morgan fingerprint density at radius 1 is 1.67 bits per heavy atom. The van der Waals surface area contributed by atoms with Crippen LogP contribution in [0.2, 0.25) is 0 Å². The summed E-state index contributed by atoms with van der Waals surface area (Å²) in [6.07, 6.45) is 4.58. The van der Waals surface area contributed by atoms with Gasteiger partial charge in [0, 0.05) is 24.5 Å². The molecule has 1 saturated heterocycles. The Morgan fingerprint density at radius 3 is 3.20 bits per heavy atom. The van der Waals surface area contributed by atoms with Gasteiger partial charge >= 0.3 is 0 Å². The van der Waals surface area contributed by atoms with Crippen molar-refractivity contribution in [1.82, 2.24) is 9.88 Å². The molecule has 1 aromatic rings. The zero-order chi connectivity index (χ0) is 10.7. The van der Waals surface area contributed by atoms with Crippen molar-refractivity contribution in [2.24, 2.45) is 11.7 Å². The highest BCUT2D eigenvalue weighted by Crippen LogP contribution is 2.24. The monoisotopic (exact) mass is 207 g/mol. The van der Waals surface area contributed by atoms with Crippen molar-refractivity contribution in [2.75, 3.05) is 19.6 Å². The number of nitrogens with zero attached hydrogens (tertiary/aromatic N) is 1. The highest BCUT2D eigenvalue weighted by atomic mass is 15.2. The van der Waals surface area contributed by atoms with E-state index in [1.165, 1.54) is 25.1 Å². The van der Waals surface area contributed by atoms with Gasteiger partial charge in [-0.25, -0.2) is 0 Å². The molecule has 84 valence electrons. The predicted molar refractivity (Wildman–Crippen MR) is 62.6 cm³/mol. The number of piperidine rings is 1. The van der Waals surface area contributed by atoms with E-state index in [2.05, 4.69) is 28.9 Å². The Bertz CT molecular complexity index is 281. The van der Waals surface area contributed by atoms with Crippen LogP contribution in [0.15, 0.2) is 18.3 Å². The smallest absolute Gasteiger partial charge is 0.0470 e. The number of nitrogens with one attached hydrogen (secondary N) is 1. The van der Waals surface area contributed by atoms with Crippen molar-refractivity contribution in [3.63, 3.8) is 0 Å². The minimum absolute atomic E-state index is 0.495. The van der Waals surface area contributed by atoms with Crippen LogP contribution in [0.5, 0.6) is 0 Å². The summed E-state index contributed by atoms with van der Waals surface area (Å²) in [7, 11) is 0. The molecular weight excluding hydrogens is 186 g/mol. The number of aromatic nitrogens is 1. The van der Waals surface area contributed by atoms with Crippen LogP contribution in [-0.2, 0) is 0 Å². The van der Waals surface area contributed by atoms with Gasteiger partial charge < -0.3 is 10.7 Å². The number of rotatable bonds is 3. The van der Waals surface area contributed by atoms with Crippen LogP contribution in [0.1, 0.15) is 31.5 Å². The number of nitrogens with two attached hydrogens (primary N) is 1. The van der Waals surface area contributed by atoms with E-state index in [1.807, 2.05) is 6.20 Å². The summed E-state index contributed by atoms with van der Waals surface area (Å²) < 4.78 is 0. The maximum absolute atomic E-state index is 5.75. The highest BCUT2D eigenvalue weighted by molar-refractivity contribution is 5.08. The van der Waals surface area contributed by atoms with E-state index < -0.39 is 0 Å². The van der Waals surface area contributed by atoms with E-state index in [1.54, 1.807) is 0 Å². The summed E-state index contributed by atoms with van der Waals surface area (Å²) >= 11 is 0. The van der Waals surface area contributed by atoms with Crippen molar-refractivity contribution in [1.29, 1.82) is 0 Å². The van der Waals surface area contributed by atoms with Crippen molar-refractivity contribution >= 4 is 0 Å². The Hall–Kier alpha value is -0.800. The molecule has 0 unspecified atom stereocenters. The zero-order valence-corrected chi connectivity index (χ0v) is 9.45.